The highest BCUT2D eigenvalue weighted by atomic mass is 16.3. The van der Waals surface area contributed by atoms with Crippen molar-refractivity contribution in [3.05, 3.63) is 0 Å². The van der Waals surface area contributed by atoms with Gasteiger partial charge in [-0.3, -0.25) is 4.79 Å². The molecular weight excluding hydrogens is 178 g/mol. The summed E-state index contributed by atoms with van der Waals surface area (Å²) in [6.07, 6.45) is 3.19. The van der Waals surface area contributed by atoms with Crippen LogP contribution < -0.4 is 0 Å². The van der Waals surface area contributed by atoms with Gasteiger partial charge in [0.15, 0.2) is 0 Å². The van der Waals surface area contributed by atoms with E-state index in [0.29, 0.717) is 6.04 Å². The molecule has 0 aromatic heterocycles. The van der Waals surface area contributed by atoms with Crippen molar-refractivity contribution >= 4 is 5.91 Å². The fraction of sp³-hybridized carbons (Fsp3) is 0.909. The van der Waals surface area contributed by atoms with Crippen LogP contribution in [0.2, 0.25) is 0 Å². The van der Waals surface area contributed by atoms with Crippen LogP contribution in [-0.4, -0.2) is 35.1 Å². The van der Waals surface area contributed by atoms with E-state index in [-0.39, 0.29) is 17.9 Å². The van der Waals surface area contributed by atoms with E-state index in [1.165, 1.54) is 0 Å². The number of rotatable bonds is 2. The van der Waals surface area contributed by atoms with Gasteiger partial charge in [-0.2, -0.15) is 0 Å². The molecule has 0 radical (unpaired) electrons. The van der Waals surface area contributed by atoms with E-state index in [9.17, 15) is 4.79 Å². The van der Waals surface area contributed by atoms with Gasteiger partial charge < -0.3 is 10.0 Å². The number of aliphatic hydroxyl groups is 1. The minimum Gasteiger partial charge on any atom is -0.387 e. The molecule has 0 spiro atoms. The summed E-state index contributed by atoms with van der Waals surface area (Å²) in [4.78, 5) is 13.2. The Morgan fingerprint density at radius 1 is 1.50 bits per heavy atom. The number of nitrogens with zero attached hydrogens (tertiary/aromatic N) is 1. The molecule has 1 fully saturated rings. The Kier molecular flexibility index (Phi) is 3.53. The van der Waals surface area contributed by atoms with Crippen molar-refractivity contribution in [1.82, 2.24) is 4.90 Å². The van der Waals surface area contributed by atoms with E-state index in [0.717, 1.165) is 25.8 Å². The summed E-state index contributed by atoms with van der Waals surface area (Å²) >= 11 is 0. The molecule has 1 N–H and O–H groups in total. The number of likely N-dealkylation sites (tertiary alicyclic amines) is 1. The molecule has 1 heterocycles. The quantitative estimate of drug-likeness (QED) is 0.730. The van der Waals surface area contributed by atoms with Gasteiger partial charge in [0.2, 0.25) is 5.91 Å². The van der Waals surface area contributed by atoms with Crippen LogP contribution in [0, 0.1) is 5.41 Å². The van der Waals surface area contributed by atoms with Gasteiger partial charge in [-0.15, -0.1) is 0 Å². The van der Waals surface area contributed by atoms with Crippen molar-refractivity contribution in [3.63, 3.8) is 0 Å². The molecule has 1 amide bonds. The highest BCUT2D eigenvalue weighted by molar-refractivity contribution is 5.77. The second kappa shape index (κ2) is 4.30. The molecular formula is C11H21NO2. The first-order valence-electron chi connectivity index (χ1n) is 5.34. The molecule has 0 unspecified atom stereocenters. The number of carbonyl (C=O) groups is 1. The fourth-order valence-electron chi connectivity index (χ4n) is 2.17. The molecule has 0 aliphatic carbocycles. The zero-order chi connectivity index (χ0) is 10.8. The van der Waals surface area contributed by atoms with Gasteiger partial charge in [0, 0.05) is 12.6 Å². The van der Waals surface area contributed by atoms with Crippen LogP contribution in [0.4, 0.5) is 0 Å². The van der Waals surface area contributed by atoms with Crippen molar-refractivity contribution in [2.45, 2.75) is 46.1 Å². The SMILES string of the molecule is CC(C)(C)C[C@@H]1CCCN1C(=O)CO. The third-order valence-corrected chi connectivity index (χ3v) is 2.68. The Morgan fingerprint density at radius 3 is 2.64 bits per heavy atom. The molecule has 0 aromatic rings. The van der Waals surface area contributed by atoms with Crippen molar-refractivity contribution in [3.8, 4) is 0 Å². The van der Waals surface area contributed by atoms with E-state index in [4.69, 9.17) is 5.11 Å². The second-order valence-corrected chi connectivity index (χ2v) is 5.31. The normalized spacial score (nSPS) is 22.9. The highest BCUT2D eigenvalue weighted by Crippen LogP contribution is 2.29. The molecule has 1 aliphatic heterocycles. The lowest BCUT2D eigenvalue weighted by molar-refractivity contribution is -0.135. The first-order valence-corrected chi connectivity index (χ1v) is 5.34. The summed E-state index contributed by atoms with van der Waals surface area (Å²) in [5.74, 6) is -0.114. The van der Waals surface area contributed by atoms with Gasteiger partial charge in [-0.1, -0.05) is 20.8 Å². The van der Waals surface area contributed by atoms with Gasteiger partial charge in [0.1, 0.15) is 6.61 Å². The first-order chi connectivity index (χ1) is 6.44. The molecule has 3 heteroatoms. The standard InChI is InChI=1S/C11H21NO2/c1-11(2,3)7-9-5-4-6-12(9)10(14)8-13/h9,13H,4-8H2,1-3H3/t9-/m0/s1. The monoisotopic (exact) mass is 199 g/mol. The maximum absolute atomic E-state index is 11.4. The average molecular weight is 199 g/mol. The highest BCUT2D eigenvalue weighted by Gasteiger charge is 2.31. The number of hydrogen-bond donors (Lipinski definition) is 1. The predicted molar refractivity (Wildman–Crippen MR) is 55.9 cm³/mol. The third-order valence-electron chi connectivity index (χ3n) is 2.68. The topological polar surface area (TPSA) is 40.5 Å². The van der Waals surface area contributed by atoms with Gasteiger partial charge in [0.25, 0.3) is 0 Å². The predicted octanol–water partition coefficient (Wildman–Crippen LogP) is 1.41. The van der Waals surface area contributed by atoms with E-state index in [1.807, 2.05) is 4.90 Å². The number of hydrogen-bond acceptors (Lipinski definition) is 2. The van der Waals surface area contributed by atoms with Crippen LogP contribution in [-0.2, 0) is 4.79 Å². The summed E-state index contributed by atoms with van der Waals surface area (Å²) in [6.45, 7) is 7.04. The van der Waals surface area contributed by atoms with E-state index in [1.54, 1.807) is 0 Å². The first kappa shape index (κ1) is 11.5. The Morgan fingerprint density at radius 2 is 2.14 bits per heavy atom. The smallest absolute Gasteiger partial charge is 0.248 e. The average Bonchev–Trinajstić information content (AvgIpc) is 2.48. The maximum atomic E-state index is 11.4. The molecule has 1 saturated heterocycles. The van der Waals surface area contributed by atoms with Crippen LogP contribution in [0.5, 0.6) is 0 Å². The Labute approximate surface area is 86.1 Å². The van der Waals surface area contributed by atoms with Crippen LogP contribution in [0.3, 0.4) is 0 Å². The maximum Gasteiger partial charge on any atom is 0.248 e. The van der Waals surface area contributed by atoms with Crippen LogP contribution in [0.15, 0.2) is 0 Å². The third kappa shape index (κ3) is 2.98. The van der Waals surface area contributed by atoms with Gasteiger partial charge in [-0.25, -0.2) is 0 Å². The van der Waals surface area contributed by atoms with Gasteiger partial charge >= 0.3 is 0 Å². The number of carbonyl (C=O) groups excluding carboxylic acids is 1. The second-order valence-electron chi connectivity index (χ2n) is 5.31. The van der Waals surface area contributed by atoms with Gasteiger partial charge in [0.05, 0.1) is 0 Å². The van der Waals surface area contributed by atoms with Crippen LogP contribution >= 0.6 is 0 Å². The molecule has 1 atom stereocenters. The number of amides is 1. The Hall–Kier alpha value is -0.570. The largest absolute Gasteiger partial charge is 0.387 e. The van der Waals surface area contributed by atoms with Crippen molar-refractivity contribution < 1.29 is 9.90 Å². The van der Waals surface area contributed by atoms with E-state index < -0.39 is 0 Å². The molecule has 0 saturated carbocycles. The summed E-state index contributed by atoms with van der Waals surface area (Å²) in [5, 5.41) is 8.82. The molecule has 3 nitrogen and oxygen atoms in total. The minimum atomic E-state index is -0.347. The zero-order valence-electron chi connectivity index (χ0n) is 9.42. The summed E-state index contributed by atoms with van der Waals surface area (Å²) in [7, 11) is 0. The van der Waals surface area contributed by atoms with E-state index in [2.05, 4.69) is 20.8 Å². The van der Waals surface area contributed by atoms with Crippen LogP contribution in [0.25, 0.3) is 0 Å². The summed E-state index contributed by atoms with van der Waals surface area (Å²) < 4.78 is 0. The molecule has 1 aliphatic rings. The zero-order valence-corrected chi connectivity index (χ0v) is 9.42. The molecule has 1 rings (SSSR count). The van der Waals surface area contributed by atoms with Crippen molar-refractivity contribution in [1.29, 1.82) is 0 Å². The summed E-state index contributed by atoms with van der Waals surface area (Å²) in [5.41, 5.74) is 0.253. The lowest BCUT2D eigenvalue weighted by Crippen LogP contribution is -2.39. The lowest BCUT2D eigenvalue weighted by atomic mass is 9.87. The number of aliphatic hydroxyl groups excluding tert-OH is 1. The lowest BCUT2D eigenvalue weighted by Gasteiger charge is -2.29. The van der Waals surface area contributed by atoms with Crippen molar-refractivity contribution in [2.75, 3.05) is 13.2 Å². The van der Waals surface area contributed by atoms with Crippen LogP contribution in [0.1, 0.15) is 40.0 Å². The fourth-order valence-corrected chi connectivity index (χ4v) is 2.17. The van der Waals surface area contributed by atoms with E-state index >= 15 is 0 Å². The minimum absolute atomic E-state index is 0.114. The molecule has 0 aromatic carbocycles. The summed E-state index contributed by atoms with van der Waals surface area (Å²) in [6, 6.07) is 0.342. The molecule has 82 valence electrons. The molecule has 14 heavy (non-hydrogen) atoms. The van der Waals surface area contributed by atoms with Gasteiger partial charge in [-0.05, 0) is 24.7 Å². The Bertz CT molecular complexity index is 208. The molecule has 0 bridgehead atoms. The Balaban J connectivity index is 2.56. The van der Waals surface area contributed by atoms with Crippen molar-refractivity contribution in [2.24, 2.45) is 5.41 Å².